The first-order chi connectivity index (χ1) is 24.1. The highest BCUT2D eigenvalue weighted by Gasteiger charge is 2.49. The number of anilines is 1. The van der Waals surface area contributed by atoms with Crippen molar-refractivity contribution in [2.45, 2.75) is 83.2 Å². The lowest BCUT2D eigenvalue weighted by atomic mass is 9.86. The van der Waals surface area contributed by atoms with Crippen molar-refractivity contribution in [1.29, 1.82) is 0 Å². The highest BCUT2D eigenvalue weighted by Crippen LogP contribution is 2.55. The van der Waals surface area contributed by atoms with Crippen molar-refractivity contribution in [2.75, 3.05) is 44.2 Å². The highest BCUT2D eigenvalue weighted by molar-refractivity contribution is 6.05. The lowest BCUT2D eigenvalue weighted by molar-refractivity contribution is 0.115. The zero-order valence-corrected chi connectivity index (χ0v) is 29.0. The summed E-state index contributed by atoms with van der Waals surface area (Å²) in [7, 11) is 0. The molecule has 2 saturated carbocycles. The number of piperidine rings is 1. The summed E-state index contributed by atoms with van der Waals surface area (Å²) >= 11 is 0. The third kappa shape index (κ3) is 5.56. The topological polar surface area (TPSA) is 73.8 Å². The molecule has 2 N–H and O–H groups in total. The number of nitrogens with zero attached hydrogens (tertiary/aromatic N) is 4. The molecule has 7 nitrogen and oxygen atoms in total. The van der Waals surface area contributed by atoms with Crippen LogP contribution < -0.4 is 15.0 Å². The molecule has 2 aliphatic carbocycles. The molecule has 0 amide bonds. The highest BCUT2D eigenvalue weighted by atomic mass is 19.1. The van der Waals surface area contributed by atoms with Crippen LogP contribution in [0.1, 0.15) is 82.3 Å². The SMILES string of the molecule is C#Cc1c(F)ccc2cc(O)cc(-c3c(C(C)C)cc4c(N5CC6CCC(C5)N6)nc(OCC5(CN6CCC7(CC6)CC7)CC5)nc4c3F)c12. The average Bonchev–Trinajstić information content (AvgIpc) is 4.03. The summed E-state index contributed by atoms with van der Waals surface area (Å²) in [4.78, 5) is 14.7. The second-order valence-corrected chi connectivity index (χ2v) is 16.3. The Hall–Kier alpha value is -4.00. The molecule has 4 aromatic rings. The molecule has 9 heteroatoms. The van der Waals surface area contributed by atoms with Crippen LogP contribution in [0.3, 0.4) is 0 Å². The predicted octanol–water partition coefficient (Wildman–Crippen LogP) is 7.51. The Balaban J connectivity index is 1.15. The van der Waals surface area contributed by atoms with Gasteiger partial charge in [0.05, 0.1) is 12.2 Å². The third-order valence-electron chi connectivity index (χ3n) is 12.4. The molecule has 260 valence electrons. The quantitative estimate of drug-likeness (QED) is 0.187. The second-order valence-electron chi connectivity index (χ2n) is 16.3. The number of rotatable bonds is 8. The Kier molecular flexibility index (Phi) is 7.53. The second kappa shape index (κ2) is 11.8. The van der Waals surface area contributed by atoms with E-state index in [1.807, 2.05) is 19.9 Å². The van der Waals surface area contributed by atoms with Gasteiger partial charge in [-0.05, 0) is 117 Å². The predicted molar refractivity (Wildman–Crippen MR) is 193 cm³/mol. The number of hydrogen-bond acceptors (Lipinski definition) is 7. The molecule has 9 rings (SSSR count). The van der Waals surface area contributed by atoms with Crippen LogP contribution in [0.5, 0.6) is 11.8 Å². The van der Waals surface area contributed by atoms with Gasteiger partial charge in [-0.2, -0.15) is 9.97 Å². The maximum atomic E-state index is 17.5. The Morgan fingerprint density at radius 3 is 2.42 bits per heavy atom. The minimum absolute atomic E-state index is 0.0335. The number of hydrogen-bond donors (Lipinski definition) is 2. The lowest BCUT2D eigenvalue weighted by Gasteiger charge is -2.35. The van der Waals surface area contributed by atoms with Gasteiger partial charge in [0.1, 0.15) is 22.9 Å². The van der Waals surface area contributed by atoms with Gasteiger partial charge in [0.15, 0.2) is 5.82 Å². The van der Waals surface area contributed by atoms with Crippen molar-refractivity contribution in [3.63, 3.8) is 0 Å². The van der Waals surface area contributed by atoms with E-state index >= 15 is 8.78 Å². The van der Waals surface area contributed by atoms with E-state index in [-0.39, 0.29) is 39.7 Å². The number of likely N-dealkylation sites (tertiary alicyclic amines) is 1. The molecule has 50 heavy (non-hydrogen) atoms. The third-order valence-corrected chi connectivity index (χ3v) is 12.4. The minimum Gasteiger partial charge on any atom is -0.508 e. The zero-order valence-electron chi connectivity index (χ0n) is 29.0. The molecule has 2 bridgehead atoms. The smallest absolute Gasteiger partial charge is 0.319 e. The summed E-state index contributed by atoms with van der Waals surface area (Å²) in [6.45, 7) is 9.36. The first-order valence-corrected chi connectivity index (χ1v) is 18.5. The fraction of sp³-hybridized carbons (Fsp3) is 0.512. The van der Waals surface area contributed by atoms with E-state index in [1.54, 1.807) is 6.07 Å². The summed E-state index contributed by atoms with van der Waals surface area (Å²) < 4.78 is 39.1. The van der Waals surface area contributed by atoms with E-state index in [2.05, 4.69) is 21.0 Å². The molecule has 5 aliphatic rings. The fourth-order valence-corrected chi connectivity index (χ4v) is 9.06. The molecular weight excluding hydrogens is 632 g/mol. The number of terminal acetylenes is 1. The van der Waals surface area contributed by atoms with E-state index in [0.717, 1.165) is 58.4 Å². The first kappa shape index (κ1) is 31.9. The molecule has 0 radical (unpaired) electrons. The number of halogens is 2. The Bertz CT molecular complexity index is 2040. The summed E-state index contributed by atoms with van der Waals surface area (Å²) in [5, 5.41) is 16.1. The van der Waals surface area contributed by atoms with Crippen LogP contribution in [0.25, 0.3) is 32.8 Å². The number of aromatic hydroxyl groups is 1. The molecule has 3 aromatic carbocycles. The van der Waals surface area contributed by atoms with Crippen molar-refractivity contribution >= 4 is 27.5 Å². The number of piperazine rings is 1. The number of benzene rings is 3. The van der Waals surface area contributed by atoms with Gasteiger partial charge < -0.3 is 25.0 Å². The van der Waals surface area contributed by atoms with Crippen LogP contribution >= 0.6 is 0 Å². The van der Waals surface area contributed by atoms with Crippen LogP contribution in [0.4, 0.5) is 14.6 Å². The largest absolute Gasteiger partial charge is 0.508 e. The van der Waals surface area contributed by atoms with Crippen molar-refractivity contribution in [2.24, 2.45) is 10.8 Å². The number of phenolic OH excluding ortho intramolecular Hbond substituents is 1. The van der Waals surface area contributed by atoms with Gasteiger partial charge in [-0.25, -0.2) is 8.78 Å². The van der Waals surface area contributed by atoms with E-state index in [1.165, 1.54) is 43.9 Å². The summed E-state index contributed by atoms with van der Waals surface area (Å²) in [5.41, 5.74) is 2.20. The lowest BCUT2D eigenvalue weighted by Crippen LogP contribution is -2.51. The van der Waals surface area contributed by atoms with Gasteiger partial charge in [-0.1, -0.05) is 25.8 Å². The van der Waals surface area contributed by atoms with Crippen LogP contribution in [0.2, 0.25) is 0 Å². The van der Waals surface area contributed by atoms with Gasteiger partial charge >= 0.3 is 6.01 Å². The van der Waals surface area contributed by atoms with Crippen molar-refractivity contribution < 1.29 is 18.6 Å². The number of fused-ring (bicyclic) bond motifs is 4. The fourth-order valence-electron chi connectivity index (χ4n) is 9.06. The zero-order chi connectivity index (χ0) is 34.4. The van der Waals surface area contributed by atoms with E-state index in [0.29, 0.717) is 57.2 Å². The van der Waals surface area contributed by atoms with Crippen LogP contribution in [-0.2, 0) is 0 Å². The van der Waals surface area contributed by atoms with E-state index in [9.17, 15) is 5.11 Å². The molecular formula is C41H45F2N5O2. The molecule has 3 aliphatic heterocycles. The van der Waals surface area contributed by atoms with Gasteiger partial charge in [0, 0.05) is 53.5 Å². The van der Waals surface area contributed by atoms with Gasteiger partial charge in [0.2, 0.25) is 0 Å². The molecule has 5 fully saturated rings. The van der Waals surface area contributed by atoms with Crippen molar-refractivity contribution in [1.82, 2.24) is 20.2 Å². The van der Waals surface area contributed by atoms with E-state index in [4.69, 9.17) is 21.1 Å². The number of ether oxygens (including phenoxy) is 1. The molecule has 3 saturated heterocycles. The maximum Gasteiger partial charge on any atom is 0.319 e. The van der Waals surface area contributed by atoms with Crippen LogP contribution in [-0.4, -0.2) is 71.4 Å². The normalized spacial score (nSPS) is 23.6. The summed E-state index contributed by atoms with van der Waals surface area (Å²) in [6, 6.07) is 8.72. The number of nitrogens with one attached hydrogen (secondary N) is 1. The number of aromatic nitrogens is 2. The first-order valence-electron chi connectivity index (χ1n) is 18.5. The average molecular weight is 678 g/mol. The van der Waals surface area contributed by atoms with Gasteiger partial charge in [-0.15, -0.1) is 6.42 Å². The Morgan fingerprint density at radius 2 is 1.76 bits per heavy atom. The van der Waals surface area contributed by atoms with Gasteiger partial charge in [0.25, 0.3) is 0 Å². The van der Waals surface area contributed by atoms with Crippen LogP contribution in [0.15, 0.2) is 30.3 Å². The Labute approximate surface area is 292 Å². The van der Waals surface area contributed by atoms with Crippen molar-refractivity contribution in [3.05, 3.63) is 53.1 Å². The molecule has 4 heterocycles. The molecule has 2 unspecified atom stereocenters. The number of phenols is 1. The molecule has 1 spiro atoms. The van der Waals surface area contributed by atoms with Gasteiger partial charge in [-0.3, -0.25) is 0 Å². The molecule has 1 aromatic heterocycles. The molecule has 2 atom stereocenters. The summed E-state index contributed by atoms with van der Waals surface area (Å²) in [5.74, 6) is 1.86. The standard InChI is InChI=1S/C41H45F2N5O2/c1-4-29-33(42)8-5-25-17-28(49)18-31(34(25)29)35-30(24(2)3)19-32-37(36(35)43)45-39(46-38(32)48-20-26-6-7-27(21-48)44-26)50-23-41(11-12-41)22-47-15-13-40(9-10-40)14-16-47/h1,5,8,17-19,24,26-27,44,49H,6-7,9-16,20-23H2,2-3H3. The monoisotopic (exact) mass is 677 g/mol. The van der Waals surface area contributed by atoms with Crippen molar-refractivity contribution in [3.8, 4) is 35.2 Å². The Morgan fingerprint density at radius 1 is 1.02 bits per heavy atom. The minimum atomic E-state index is -0.571. The van der Waals surface area contributed by atoms with E-state index < -0.39 is 11.6 Å². The maximum absolute atomic E-state index is 17.5. The summed E-state index contributed by atoms with van der Waals surface area (Å²) in [6.07, 6.45) is 15.6. The van der Waals surface area contributed by atoms with Crippen LogP contribution in [0, 0.1) is 34.8 Å².